The van der Waals surface area contributed by atoms with Crippen molar-refractivity contribution in [1.29, 1.82) is 0 Å². The van der Waals surface area contributed by atoms with Crippen LogP contribution in [-0.4, -0.2) is 5.78 Å². The molecule has 0 spiro atoms. The molecule has 3 aliphatic rings. The summed E-state index contributed by atoms with van der Waals surface area (Å²) in [6.45, 7) is 9.26. The fourth-order valence-corrected chi connectivity index (χ4v) is 5.80. The first-order valence-corrected chi connectivity index (χ1v) is 7.12. The molecule has 2 saturated carbocycles. The topological polar surface area (TPSA) is 17.1 Å². The van der Waals surface area contributed by atoms with Gasteiger partial charge in [0.05, 0.1) is 0 Å². The van der Waals surface area contributed by atoms with Crippen molar-refractivity contribution in [3.05, 3.63) is 11.6 Å². The Morgan fingerprint density at radius 3 is 2.59 bits per heavy atom. The van der Waals surface area contributed by atoms with Crippen molar-refractivity contribution in [3.8, 4) is 0 Å². The van der Waals surface area contributed by atoms with Crippen molar-refractivity contribution >= 4 is 5.78 Å². The highest BCUT2D eigenvalue weighted by atomic mass is 16.1. The number of carbonyl (C=O) groups excluding carboxylic acids is 1. The maximum absolute atomic E-state index is 12.7. The monoisotopic (exact) mass is 232 g/mol. The van der Waals surface area contributed by atoms with Gasteiger partial charge in [0.15, 0.2) is 5.78 Å². The Kier molecular flexibility index (Phi) is 2.06. The summed E-state index contributed by atoms with van der Waals surface area (Å²) >= 11 is 0. The van der Waals surface area contributed by atoms with E-state index in [2.05, 4.69) is 27.7 Å². The average Bonchev–Trinajstić information content (AvgIpc) is 2.66. The first-order chi connectivity index (χ1) is 7.88. The number of hydrogen-bond acceptors (Lipinski definition) is 1. The molecule has 0 unspecified atom stereocenters. The summed E-state index contributed by atoms with van der Waals surface area (Å²) in [5.74, 6) is 1.13. The maximum Gasteiger partial charge on any atom is 0.163 e. The summed E-state index contributed by atoms with van der Waals surface area (Å²) in [7, 11) is 0. The van der Waals surface area contributed by atoms with Crippen LogP contribution in [0.4, 0.5) is 0 Å². The molecule has 0 aromatic heterocycles. The minimum absolute atomic E-state index is 0.0538. The SMILES string of the molecule is CC1=CC(=O)[C@]23CC[C@@H](C)[C@]12CCCC3(C)C. The molecule has 3 atom stereocenters. The van der Waals surface area contributed by atoms with Gasteiger partial charge in [0, 0.05) is 10.8 Å². The molecular weight excluding hydrogens is 208 g/mol. The van der Waals surface area contributed by atoms with Gasteiger partial charge in [-0.25, -0.2) is 0 Å². The van der Waals surface area contributed by atoms with Gasteiger partial charge in [-0.05, 0) is 50.0 Å². The van der Waals surface area contributed by atoms with Gasteiger partial charge in [-0.2, -0.15) is 0 Å². The van der Waals surface area contributed by atoms with E-state index in [1.54, 1.807) is 0 Å². The van der Waals surface area contributed by atoms with Crippen LogP contribution in [0.25, 0.3) is 0 Å². The third-order valence-electron chi connectivity index (χ3n) is 6.56. The van der Waals surface area contributed by atoms with Crippen LogP contribution >= 0.6 is 0 Å². The lowest BCUT2D eigenvalue weighted by Gasteiger charge is -2.56. The van der Waals surface area contributed by atoms with E-state index in [0.29, 0.717) is 11.7 Å². The minimum atomic E-state index is -0.0538. The van der Waals surface area contributed by atoms with Crippen LogP contribution < -0.4 is 0 Å². The maximum atomic E-state index is 12.7. The molecule has 2 fully saturated rings. The molecule has 3 rings (SSSR count). The molecule has 0 radical (unpaired) electrons. The second-order valence-electron chi connectivity index (χ2n) is 7.25. The molecule has 0 saturated heterocycles. The zero-order chi connectivity index (χ0) is 12.5. The van der Waals surface area contributed by atoms with Crippen molar-refractivity contribution in [2.24, 2.45) is 22.2 Å². The van der Waals surface area contributed by atoms with Crippen molar-refractivity contribution < 1.29 is 4.79 Å². The fraction of sp³-hybridized carbons (Fsp3) is 0.812. The first kappa shape index (κ1) is 11.5. The molecule has 94 valence electrons. The van der Waals surface area contributed by atoms with Gasteiger partial charge < -0.3 is 0 Å². The predicted molar refractivity (Wildman–Crippen MR) is 69.7 cm³/mol. The highest BCUT2D eigenvalue weighted by Crippen LogP contribution is 2.74. The Hall–Kier alpha value is -0.590. The lowest BCUT2D eigenvalue weighted by atomic mass is 9.46. The van der Waals surface area contributed by atoms with Crippen molar-refractivity contribution in [2.45, 2.75) is 59.8 Å². The molecule has 1 heteroatoms. The van der Waals surface area contributed by atoms with Crippen LogP contribution in [0, 0.1) is 22.2 Å². The number of carbonyl (C=O) groups is 1. The van der Waals surface area contributed by atoms with E-state index in [4.69, 9.17) is 0 Å². The zero-order valence-corrected chi connectivity index (χ0v) is 11.6. The molecule has 0 amide bonds. The largest absolute Gasteiger partial charge is 0.294 e. The summed E-state index contributed by atoms with van der Waals surface area (Å²) in [5.41, 5.74) is 1.73. The van der Waals surface area contributed by atoms with Crippen LogP contribution in [0.15, 0.2) is 11.6 Å². The van der Waals surface area contributed by atoms with Crippen LogP contribution in [0.2, 0.25) is 0 Å². The summed E-state index contributed by atoms with van der Waals surface area (Å²) in [6.07, 6.45) is 8.09. The Bertz CT molecular complexity index is 417. The highest BCUT2D eigenvalue weighted by molar-refractivity contribution is 6.01. The van der Waals surface area contributed by atoms with Gasteiger partial charge in [-0.1, -0.05) is 32.8 Å². The Morgan fingerprint density at radius 1 is 1.24 bits per heavy atom. The number of allylic oxidation sites excluding steroid dienone is 2. The van der Waals surface area contributed by atoms with Crippen LogP contribution in [0.1, 0.15) is 59.8 Å². The van der Waals surface area contributed by atoms with Crippen LogP contribution in [0.3, 0.4) is 0 Å². The molecule has 0 N–H and O–H groups in total. The molecule has 3 aliphatic carbocycles. The Morgan fingerprint density at radius 2 is 1.94 bits per heavy atom. The van der Waals surface area contributed by atoms with E-state index in [1.165, 1.54) is 31.3 Å². The lowest BCUT2D eigenvalue weighted by Crippen LogP contribution is -2.54. The van der Waals surface area contributed by atoms with Gasteiger partial charge in [0.2, 0.25) is 0 Å². The average molecular weight is 232 g/mol. The summed E-state index contributed by atoms with van der Waals surface area (Å²) in [6, 6.07) is 0. The van der Waals surface area contributed by atoms with Crippen molar-refractivity contribution in [3.63, 3.8) is 0 Å². The van der Waals surface area contributed by atoms with E-state index in [0.717, 1.165) is 6.42 Å². The normalized spacial score (nSPS) is 47.6. The van der Waals surface area contributed by atoms with Gasteiger partial charge in [0.1, 0.15) is 0 Å². The van der Waals surface area contributed by atoms with E-state index in [-0.39, 0.29) is 16.2 Å². The highest BCUT2D eigenvalue weighted by Gasteiger charge is 2.71. The molecule has 0 bridgehead atoms. The smallest absolute Gasteiger partial charge is 0.163 e. The Labute approximate surface area is 105 Å². The molecule has 0 aliphatic heterocycles. The predicted octanol–water partition coefficient (Wildman–Crippen LogP) is 4.13. The summed E-state index contributed by atoms with van der Waals surface area (Å²) < 4.78 is 0. The zero-order valence-electron chi connectivity index (χ0n) is 11.6. The molecule has 17 heavy (non-hydrogen) atoms. The molecule has 0 aromatic rings. The second kappa shape index (κ2) is 3.05. The van der Waals surface area contributed by atoms with E-state index in [9.17, 15) is 4.79 Å². The third kappa shape index (κ3) is 0.971. The van der Waals surface area contributed by atoms with Gasteiger partial charge in [0.25, 0.3) is 0 Å². The van der Waals surface area contributed by atoms with Gasteiger partial charge in [-0.15, -0.1) is 0 Å². The van der Waals surface area contributed by atoms with Crippen molar-refractivity contribution in [2.75, 3.05) is 0 Å². The van der Waals surface area contributed by atoms with Crippen LogP contribution in [-0.2, 0) is 4.79 Å². The fourth-order valence-electron chi connectivity index (χ4n) is 5.80. The number of hydrogen-bond donors (Lipinski definition) is 0. The quantitative estimate of drug-likeness (QED) is 0.614. The number of ketones is 1. The Balaban J connectivity index is 2.26. The van der Waals surface area contributed by atoms with E-state index in [1.807, 2.05) is 6.08 Å². The van der Waals surface area contributed by atoms with Gasteiger partial charge >= 0.3 is 0 Å². The standard InChI is InChI=1S/C16H24O/c1-11-6-9-16-13(17)10-12(2)15(11,16)8-5-7-14(16,3)4/h10-11H,5-9H2,1-4H3/t11-,15-,16+/m1/s1. The first-order valence-electron chi connectivity index (χ1n) is 7.12. The van der Waals surface area contributed by atoms with Crippen molar-refractivity contribution in [1.82, 2.24) is 0 Å². The minimum Gasteiger partial charge on any atom is -0.294 e. The molecular formula is C16H24O. The lowest BCUT2D eigenvalue weighted by molar-refractivity contribution is -0.144. The van der Waals surface area contributed by atoms with E-state index < -0.39 is 0 Å². The summed E-state index contributed by atoms with van der Waals surface area (Å²) in [4.78, 5) is 12.7. The van der Waals surface area contributed by atoms with Crippen LogP contribution in [0.5, 0.6) is 0 Å². The molecule has 1 nitrogen and oxygen atoms in total. The number of rotatable bonds is 0. The third-order valence-corrected chi connectivity index (χ3v) is 6.56. The molecule has 0 aromatic carbocycles. The molecule has 0 heterocycles. The summed E-state index contributed by atoms with van der Waals surface area (Å²) in [5, 5.41) is 0. The van der Waals surface area contributed by atoms with E-state index >= 15 is 0 Å². The second-order valence-corrected chi connectivity index (χ2v) is 7.25. The van der Waals surface area contributed by atoms with Gasteiger partial charge in [-0.3, -0.25) is 4.79 Å².